The zero-order valence-electron chi connectivity index (χ0n) is 12.8. The minimum Gasteiger partial charge on any atom is -0.354 e. The van der Waals surface area contributed by atoms with Crippen molar-refractivity contribution < 1.29 is 14.3 Å². The van der Waals surface area contributed by atoms with Gasteiger partial charge in [-0.1, -0.05) is 32.0 Å². The number of hydrogen-bond donors (Lipinski definition) is 2. The van der Waals surface area contributed by atoms with Crippen LogP contribution in [0.15, 0.2) is 18.2 Å². The second kappa shape index (κ2) is 7.87. The Morgan fingerprint density at radius 3 is 2.45 bits per heavy atom. The highest BCUT2D eigenvalue weighted by Gasteiger charge is 2.13. The fraction of sp³-hybridized carbons (Fsp3) is 0.533. The second-order valence-corrected chi connectivity index (χ2v) is 4.93. The van der Waals surface area contributed by atoms with Crippen molar-refractivity contribution in [3.8, 4) is 0 Å². The molecule has 0 spiro atoms. The zero-order chi connectivity index (χ0) is 15.1. The molecule has 2 amide bonds. The predicted molar refractivity (Wildman–Crippen MR) is 80.1 cm³/mol. The quantitative estimate of drug-likeness (QED) is 0.788. The zero-order valence-corrected chi connectivity index (χ0v) is 12.8. The van der Waals surface area contributed by atoms with Crippen LogP contribution in [0.25, 0.3) is 0 Å². The number of urea groups is 1. The minimum absolute atomic E-state index is 0.264. The summed E-state index contributed by atoms with van der Waals surface area (Å²) in [6.07, 6.45) is -0.442. The molecule has 0 aliphatic rings. The third-order valence-electron chi connectivity index (χ3n) is 3.12. The Balaban J connectivity index is 2.71. The van der Waals surface area contributed by atoms with Crippen LogP contribution in [0.1, 0.15) is 30.9 Å². The average molecular weight is 280 g/mol. The fourth-order valence-corrected chi connectivity index (χ4v) is 1.94. The number of carbonyl (C=O) groups excluding carboxylic acids is 1. The van der Waals surface area contributed by atoms with E-state index in [1.807, 2.05) is 25.1 Å². The van der Waals surface area contributed by atoms with Gasteiger partial charge in [-0.05, 0) is 24.0 Å². The van der Waals surface area contributed by atoms with Gasteiger partial charge in [0.2, 0.25) is 0 Å². The van der Waals surface area contributed by atoms with E-state index in [4.69, 9.17) is 9.47 Å². The first-order valence-corrected chi connectivity index (χ1v) is 6.69. The molecule has 0 atom stereocenters. The van der Waals surface area contributed by atoms with Crippen LogP contribution in [0.4, 0.5) is 10.5 Å². The summed E-state index contributed by atoms with van der Waals surface area (Å²) in [5, 5.41) is 5.63. The van der Waals surface area contributed by atoms with Crippen LogP contribution in [0.3, 0.4) is 0 Å². The summed E-state index contributed by atoms with van der Waals surface area (Å²) in [5.74, 6) is 0.343. The smallest absolute Gasteiger partial charge is 0.319 e. The molecular formula is C15H24N2O3. The number of amides is 2. The molecule has 0 bridgehead atoms. The maximum atomic E-state index is 11.9. The molecule has 0 aromatic heterocycles. The first-order chi connectivity index (χ1) is 9.49. The molecule has 0 heterocycles. The third-order valence-corrected chi connectivity index (χ3v) is 3.12. The van der Waals surface area contributed by atoms with E-state index in [1.54, 1.807) is 0 Å². The second-order valence-electron chi connectivity index (χ2n) is 4.93. The maximum Gasteiger partial charge on any atom is 0.319 e. The van der Waals surface area contributed by atoms with Gasteiger partial charge in [-0.2, -0.15) is 0 Å². The van der Waals surface area contributed by atoms with Crippen LogP contribution in [0.2, 0.25) is 0 Å². The summed E-state index contributed by atoms with van der Waals surface area (Å²) < 4.78 is 10.0. The molecule has 1 aromatic rings. The largest absolute Gasteiger partial charge is 0.354 e. The Morgan fingerprint density at radius 1 is 1.25 bits per heavy atom. The van der Waals surface area contributed by atoms with E-state index in [1.165, 1.54) is 14.2 Å². The van der Waals surface area contributed by atoms with Gasteiger partial charge in [0.15, 0.2) is 6.29 Å². The van der Waals surface area contributed by atoms with Gasteiger partial charge in [0, 0.05) is 19.9 Å². The van der Waals surface area contributed by atoms with Crippen molar-refractivity contribution >= 4 is 11.7 Å². The highest BCUT2D eigenvalue weighted by atomic mass is 16.7. The van der Waals surface area contributed by atoms with Crippen LogP contribution in [0, 0.1) is 6.92 Å². The number of carbonyl (C=O) groups is 1. The van der Waals surface area contributed by atoms with Crippen molar-refractivity contribution in [1.29, 1.82) is 0 Å². The number of nitrogens with one attached hydrogen (secondary N) is 2. The first-order valence-electron chi connectivity index (χ1n) is 6.69. The number of benzene rings is 1. The van der Waals surface area contributed by atoms with Crippen LogP contribution < -0.4 is 10.6 Å². The molecule has 0 saturated heterocycles. The summed E-state index contributed by atoms with van der Waals surface area (Å²) in [5.41, 5.74) is 3.03. The molecule has 5 nitrogen and oxygen atoms in total. The lowest BCUT2D eigenvalue weighted by Gasteiger charge is -2.18. The molecule has 0 aliphatic heterocycles. The van der Waals surface area contributed by atoms with E-state index in [9.17, 15) is 4.79 Å². The normalized spacial score (nSPS) is 10.9. The molecule has 5 heteroatoms. The van der Waals surface area contributed by atoms with Gasteiger partial charge in [0.25, 0.3) is 0 Å². The summed E-state index contributed by atoms with van der Waals surface area (Å²) in [7, 11) is 3.07. The van der Waals surface area contributed by atoms with Gasteiger partial charge in [-0.15, -0.1) is 0 Å². The summed E-state index contributed by atoms with van der Waals surface area (Å²) in [6, 6.07) is 5.74. The Morgan fingerprint density at radius 2 is 1.90 bits per heavy atom. The third kappa shape index (κ3) is 4.51. The summed E-state index contributed by atoms with van der Waals surface area (Å²) in [6.45, 7) is 6.48. The van der Waals surface area contributed by atoms with Crippen molar-refractivity contribution in [2.24, 2.45) is 0 Å². The van der Waals surface area contributed by atoms with Gasteiger partial charge in [-0.3, -0.25) is 0 Å². The Bertz CT molecular complexity index is 443. The molecule has 2 N–H and O–H groups in total. The lowest BCUT2D eigenvalue weighted by atomic mass is 9.98. The molecule has 20 heavy (non-hydrogen) atoms. The predicted octanol–water partition coefficient (Wildman–Crippen LogP) is 2.86. The number of rotatable bonds is 6. The molecule has 0 unspecified atom stereocenters. The van der Waals surface area contributed by atoms with Gasteiger partial charge in [-0.25, -0.2) is 4.79 Å². The SMILES string of the molecule is COC(CNC(=O)Nc1c(C)cccc1C(C)C)OC. The number of ether oxygens (including phenoxy) is 2. The lowest BCUT2D eigenvalue weighted by molar-refractivity contribution is -0.0970. The number of hydrogen-bond acceptors (Lipinski definition) is 3. The number of aryl methyl sites for hydroxylation is 1. The maximum absolute atomic E-state index is 11.9. The van der Waals surface area contributed by atoms with Crippen LogP contribution in [0.5, 0.6) is 0 Å². The van der Waals surface area contributed by atoms with Crippen molar-refractivity contribution in [2.75, 3.05) is 26.1 Å². The summed E-state index contributed by atoms with van der Waals surface area (Å²) >= 11 is 0. The van der Waals surface area contributed by atoms with E-state index >= 15 is 0 Å². The van der Waals surface area contributed by atoms with Crippen molar-refractivity contribution in [1.82, 2.24) is 5.32 Å². The van der Waals surface area contributed by atoms with Crippen LogP contribution in [-0.2, 0) is 9.47 Å². The summed E-state index contributed by atoms with van der Waals surface area (Å²) in [4.78, 5) is 11.9. The number of anilines is 1. The Hall–Kier alpha value is -1.59. The van der Waals surface area contributed by atoms with Crippen molar-refractivity contribution in [3.63, 3.8) is 0 Å². The Kier molecular flexibility index (Phi) is 6.48. The van der Waals surface area contributed by atoms with E-state index in [-0.39, 0.29) is 6.03 Å². The topological polar surface area (TPSA) is 59.6 Å². The molecule has 0 fully saturated rings. The molecule has 1 aromatic carbocycles. The number of methoxy groups -OCH3 is 2. The fourth-order valence-electron chi connectivity index (χ4n) is 1.94. The van der Waals surface area contributed by atoms with Crippen molar-refractivity contribution in [3.05, 3.63) is 29.3 Å². The highest BCUT2D eigenvalue weighted by molar-refractivity contribution is 5.91. The molecule has 1 rings (SSSR count). The number of para-hydroxylation sites is 1. The van der Waals surface area contributed by atoms with E-state index < -0.39 is 6.29 Å². The van der Waals surface area contributed by atoms with E-state index in [0.29, 0.717) is 12.5 Å². The molecule has 0 aliphatic carbocycles. The van der Waals surface area contributed by atoms with Crippen LogP contribution in [-0.4, -0.2) is 33.1 Å². The van der Waals surface area contributed by atoms with Gasteiger partial charge < -0.3 is 20.1 Å². The van der Waals surface area contributed by atoms with Gasteiger partial charge in [0.05, 0.1) is 6.54 Å². The van der Waals surface area contributed by atoms with Gasteiger partial charge in [0.1, 0.15) is 0 Å². The van der Waals surface area contributed by atoms with Crippen molar-refractivity contribution in [2.45, 2.75) is 33.0 Å². The molecule has 0 saturated carbocycles. The average Bonchev–Trinajstić information content (AvgIpc) is 2.42. The Labute approximate surface area is 120 Å². The lowest BCUT2D eigenvalue weighted by Crippen LogP contribution is -2.37. The monoisotopic (exact) mass is 280 g/mol. The van der Waals surface area contributed by atoms with Crippen LogP contribution >= 0.6 is 0 Å². The molecular weight excluding hydrogens is 256 g/mol. The molecule has 0 radical (unpaired) electrons. The first kappa shape index (κ1) is 16.5. The highest BCUT2D eigenvalue weighted by Crippen LogP contribution is 2.27. The minimum atomic E-state index is -0.442. The van der Waals surface area contributed by atoms with E-state index in [2.05, 4.69) is 24.5 Å². The molecule has 112 valence electrons. The standard InChI is InChI=1S/C15H24N2O3/c1-10(2)12-8-6-7-11(3)14(12)17-15(18)16-9-13(19-4)20-5/h6-8,10,13H,9H2,1-5H3,(H2,16,17,18). The van der Waals surface area contributed by atoms with Gasteiger partial charge >= 0.3 is 6.03 Å². The van der Waals surface area contributed by atoms with E-state index in [0.717, 1.165) is 16.8 Å².